The number of carbonyl (C=O) groups excluding carboxylic acids is 1. The van der Waals surface area contributed by atoms with Gasteiger partial charge in [-0.25, -0.2) is 4.98 Å². The second-order valence-electron chi connectivity index (χ2n) is 9.06. The van der Waals surface area contributed by atoms with E-state index < -0.39 is 0 Å². The summed E-state index contributed by atoms with van der Waals surface area (Å²) in [5.41, 5.74) is 7.61. The minimum atomic E-state index is -0.200. The van der Waals surface area contributed by atoms with E-state index in [0.717, 1.165) is 52.5 Å². The van der Waals surface area contributed by atoms with Crippen LogP contribution >= 0.6 is 11.8 Å². The number of amides is 1. The van der Waals surface area contributed by atoms with E-state index in [2.05, 4.69) is 29.3 Å². The van der Waals surface area contributed by atoms with Crippen LogP contribution in [-0.4, -0.2) is 33.8 Å². The molecule has 1 aromatic carbocycles. The SMILES string of the molecule is CSc1ccc(CNC(=O)c2ccc3c(n2)CCCN3c2cc(C)nc(C3CC3)c2)c(CO)c1. The van der Waals surface area contributed by atoms with Crippen molar-refractivity contribution in [3.05, 3.63) is 76.4 Å². The van der Waals surface area contributed by atoms with Crippen LogP contribution in [0.2, 0.25) is 0 Å². The topological polar surface area (TPSA) is 78.4 Å². The van der Waals surface area contributed by atoms with Crippen molar-refractivity contribution in [1.29, 1.82) is 0 Å². The highest BCUT2D eigenvalue weighted by Crippen LogP contribution is 2.41. The average Bonchev–Trinajstić information content (AvgIpc) is 3.72. The Morgan fingerprint density at radius 2 is 2.00 bits per heavy atom. The highest BCUT2D eigenvalue weighted by molar-refractivity contribution is 7.98. The summed E-state index contributed by atoms with van der Waals surface area (Å²) in [5, 5.41) is 12.7. The molecule has 1 aliphatic carbocycles. The van der Waals surface area contributed by atoms with Crippen LogP contribution in [0.5, 0.6) is 0 Å². The van der Waals surface area contributed by atoms with Crippen LogP contribution in [0, 0.1) is 6.92 Å². The summed E-state index contributed by atoms with van der Waals surface area (Å²) < 4.78 is 0. The molecule has 0 spiro atoms. The molecule has 7 heteroatoms. The first-order valence-corrected chi connectivity index (χ1v) is 13.1. The Balaban J connectivity index is 1.34. The number of nitrogens with zero attached hydrogens (tertiary/aromatic N) is 3. The average molecular weight is 475 g/mol. The van der Waals surface area contributed by atoms with Crippen molar-refractivity contribution in [3.8, 4) is 0 Å². The fourth-order valence-corrected chi connectivity index (χ4v) is 5.04. The van der Waals surface area contributed by atoms with E-state index in [4.69, 9.17) is 9.97 Å². The van der Waals surface area contributed by atoms with Crippen LogP contribution in [0.1, 0.15) is 63.9 Å². The smallest absolute Gasteiger partial charge is 0.270 e. The number of anilines is 2. The number of aliphatic hydroxyl groups is 1. The van der Waals surface area contributed by atoms with Crippen molar-refractivity contribution in [2.24, 2.45) is 0 Å². The minimum Gasteiger partial charge on any atom is -0.392 e. The number of carbonyl (C=O) groups is 1. The summed E-state index contributed by atoms with van der Waals surface area (Å²) >= 11 is 1.63. The van der Waals surface area contributed by atoms with Crippen LogP contribution in [0.15, 0.2) is 47.4 Å². The molecule has 0 saturated heterocycles. The largest absolute Gasteiger partial charge is 0.392 e. The number of aromatic nitrogens is 2. The number of hydrogen-bond acceptors (Lipinski definition) is 6. The predicted octanol–water partition coefficient (Wildman–Crippen LogP) is 4.89. The summed E-state index contributed by atoms with van der Waals surface area (Å²) in [4.78, 5) is 25.8. The number of aryl methyl sites for hydroxylation is 2. The van der Waals surface area contributed by atoms with Gasteiger partial charge in [0.1, 0.15) is 5.69 Å². The van der Waals surface area contributed by atoms with Gasteiger partial charge in [-0.3, -0.25) is 9.78 Å². The number of pyridine rings is 2. The molecule has 0 unspecified atom stereocenters. The van der Waals surface area contributed by atoms with Gasteiger partial charge in [0.15, 0.2) is 0 Å². The van der Waals surface area contributed by atoms with E-state index in [1.165, 1.54) is 24.2 Å². The van der Waals surface area contributed by atoms with Gasteiger partial charge in [0.05, 0.1) is 18.0 Å². The maximum Gasteiger partial charge on any atom is 0.270 e. The highest BCUT2D eigenvalue weighted by atomic mass is 32.2. The zero-order chi connectivity index (χ0) is 23.7. The van der Waals surface area contributed by atoms with Crippen molar-refractivity contribution in [3.63, 3.8) is 0 Å². The third-order valence-corrected chi connectivity index (χ3v) is 7.28. The number of rotatable bonds is 7. The lowest BCUT2D eigenvalue weighted by molar-refractivity contribution is 0.0945. The normalized spacial score (nSPS) is 15.2. The number of benzene rings is 1. The summed E-state index contributed by atoms with van der Waals surface area (Å²) in [6.45, 7) is 3.30. The maximum absolute atomic E-state index is 12.9. The van der Waals surface area contributed by atoms with Gasteiger partial charge < -0.3 is 15.3 Å². The molecule has 176 valence electrons. The maximum atomic E-state index is 12.9. The summed E-state index contributed by atoms with van der Waals surface area (Å²) in [6.07, 6.45) is 6.31. The van der Waals surface area contributed by atoms with E-state index in [1.807, 2.05) is 36.6 Å². The number of aliphatic hydroxyl groups excluding tert-OH is 1. The number of thioether (sulfide) groups is 1. The van der Waals surface area contributed by atoms with Crippen LogP contribution in [0.25, 0.3) is 0 Å². The standard InChI is InChI=1S/C27H30N4O2S/c1-17-12-21(14-25(29-17)18-5-6-18)31-11-3-4-23-26(31)10-9-24(30-23)27(33)28-15-19-7-8-22(34-2)13-20(19)16-32/h7-10,12-14,18,32H,3-6,11,15-16H2,1-2H3,(H,28,33). The van der Waals surface area contributed by atoms with Crippen LogP contribution in [0.3, 0.4) is 0 Å². The zero-order valence-electron chi connectivity index (χ0n) is 19.7. The van der Waals surface area contributed by atoms with Gasteiger partial charge in [0.25, 0.3) is 5.91 Å². The molecule has 0 atom stereocenters. The minimum absolute atomic E-state index is 0.0521. The zero-order valence-corrected chi connectivity index (χ0v) is 20.5. The second kappa shape index (κ2) is 9.76. The lowest BCUT2D eigenvalue weighted by Gasteiger charge is -2.31. The predicted molar refractivity (Wildman–Crippen MR) is 136 cm³/mol. The molecule has 1 saturated carbocycles. The fraction of sp³-hybridized carbons (Fsp3) is 0.370. The van der Waals surface area contributed by atoms with Gasteiger partial charge in [-0.2, -0.15) is 0 Å². The van der Waals surface area contributed by atoms with Crippen LogP contribution < -0.4 is 10.2 Å². The van der Waals surface area contributed by atoms with E-state index in [9.17, 15) is 9.90 Å². The molecule has 1 amide bonds. The van der Waals surface area contributed by atoms with Crippen molar-refractivity contribution in [1.82, 2.24) is 15.3 Å². The molecule has 0 radical (unpaired) electrons. The molecule has 3 aromatic rings. The Hall–Kier alpha value is -2.90. The molecule has 6 nitrogen and oxygen atoms in total. The molecule has 3 heterocycles. The first-order chi connectivity index (χ1) is 16.6. The van der Waals surface area contributed by atoms with Gasteiger partial charge in [0.2, 0.25) is 0 Å². The molecule has 1 fully saturated rings. The van der Waals surface area contributed by atoms with Gasteiger partial charge in [-0.05, 0) is 86.4 Å². The first-order valence-electron chi connectivity index (χ1n) is 11.9. The van der Waals surface area contributed by atoms with Gasteiger partial charge in [-0.1, -0.05) is 6.07 Å². The Bertz CT molecular complexity index is 1230. The molecule has 5 rings (SSSR count). The van der Waals surface area contributed by atoms with E-state index in [-0.39, 0.29) is 12.5 Å². The molecule has 34 heavy (non-hydrogen) atoms. The van der Waals surface area contributed by atoms with E-state index in [1.54, 1.807) is 11.8 Å². The van der Waals surface area contributed by atoms with Crippen molar-refractivity contribution in [2.45, 2.75) is 56.6 Å². The molecule has 2 aliphatic rings. The quantitative estimate of drug-likeness (QED) is 0.475. The fourth-order valence-electron chi connectivity index (χ4n) is 4.58. The lowest BCUT2D eigenvalue weighted by atomic mass is 10.0. The summed E-state index contributed by atoms with van der Waals surface area (Å²) in [6, 6.07) is 14.1. The monoisotopic (exact) mass is 474 g/mol. The van der Waals surface area contributed by atoms with E-state index >= 15 is 0 Å². The van der Waals surface area contributed by atoms with Crippen LogP contribution in [0.4, 0.5) is 11.4 Å². The van der Waals surface area contributed by atoms with Gasteiger partial charge in [0, 0.05) is 41.0 Å². The molecular weight excluding hydrogens is 444 g/mol. The third kappa shape index (κ3) is 4.81. The Kier molecular flexibility index (Phi) is 6.57. The number of fused-ring (bicyclic) bond motifs is 1. The van der Waals surface area contributed by atoms with Gasteiger partial charge in [-0.15, -0.1) is 11.8 Å². The Labute approximate surface area is 204 Å². The van der Waals surface area contributed by atoms with Crippen molar-refractivity contribution >= 4 is 29.0 Å². The summed E-state index contributed by atoms with van der Waals surface area (Å²) in [7, 11) is 0. The van der Waals surface area contributed by atoms with Crippen molar-refractivity contribution < 1.29 is 9.90 Å². The van der Waals surface area contributed by atoms with Crippen molar-refractivity contribution in [2.75, 3.05) is 17.7 Å². The van der Waals surface area contributed by atoms with Gasteiger partial charge >= 0.3 is 0 Å². The first kappa shape index (κ1) is 22.9. The molecule has 2 aromatic heterocycles. The van der Waals surface area contributed by atoms with Crippen LogP contribution in [-0.2, 0) is 19.6 Å². The molecule has 2 N–H and O–H groups in total. The molecular formula is C27H30N4O2S. The number of nitrogens with one attached hydrogen (secondary N) is 1. The number of hydrogen-bond donors (Lipinski definition) is 2. The van der Waals surface area contributed by atoms with E-state index in [0.29, 0.717) is 18.2 Å². The molecule has 0 bridgehead atoms. The summed E-state index contributed by atoms with van der Waals surface area (Å²) in [5.74, 6) is 0.406. The molecule has 1 aliphatic heterocycles. The lowest BCUT2D eigenvalue weighted by Crippen LogP contribution is -2.28. The highest BCUT2D eigenvalue weighted by Gasteiger charge is 2.27. The Morgan fingerprint density at radius 3 is 2.76 bits per heavy atom. The second-order valence-corrected chi connectivity index (χ2v) is 9.94. The Morgan fingerprint density at radius 1 is 1.15 bits per heavy atom. The third-order valence-electron chi connectivity index (χ3n) is 6.56.